The van der Waals surface area contributed by atoms with Gasteiger partial charge in [-0.05, 0) is 38.5 Å². The van der Waals surface area contributed by atoms with Crippen LogP contribution >= 0.6 is 0 Å². The van der Waals surface area contributed by atoms with Crippen molar-refractivity contribution in [1.29, 1.82) is 0 Å². The molecule has 340 valence electrons. The minimum Gasteiger partial charge on any atom is -0.544 e. The first-order valence-electron chi connectivity index (χ1n) is 24.4. The Morgan fingerprint density at radius 2 is 0.897 bits per heavy atom. The normalized spacial score (nSPS) is 13.1. The highest BCUT2D eigenvalue weighted by Gasteiger charge is 2.25. The smallest absolute Gasteiger partial charge is 0.306 e. The van der Waals surface area contributed by atoms with E-state index in [1.807, 2.05) is 0 Å². The van der Waals surface area contributed by atoms with Crippen LogP contribution in [-0.2, 0) is 28.6 Å². The van der Waals surface area contributed by atoms with Gasteiger partial charge in [-0.1, -0.05) is 192 Å². The van der Waals surface area contributed by atoms with Crippen molar-refractivity contribution in [2.75, 3.05) is 41.0 Å². The second-order valence-electron chi connectivity index (χ2n) is 17.7. The van der Waals surface area contributed by atoms with E-state index in [0.29, 0.717) is 12.8 Å². The van der Waals surface area contributed by atoms with Gasteiger partial charge in [0.2, 0.25) is 0 Å². The summed E-state index contributed by atoms with van der Waals surface area (Å²) in [6.45, 7) is 4.67. The summed E-state index contributed by atoms with van der Waals surface area (Å²) < 4.78 is 17.2. The zero-order chi connectivity index (χ0) is 42.8. The van der Waals surface area contributed by atoms with Crippen molar-refractivity contribution in [3.8, 4) is 0 Å². The molecule has 0 aromatic heterocycles. The van der Waals surface area contributed by atoms with Crippen LogP contribution in [-0.4, -0.2) is 75.5 Å². The number of rotatable bonds is 44. The number of likely N-dealkylation sites (N-methyl/N-ethyl adjacent to an activating group) is 1. The molecule has 0 amide bonds. The molecule has 0 bridgehead atoms. The molecule has 0 aromatic rings. The number of quaternary nitrogens is 1. The summed E-state index contributed by atoms with van der Waals surface area (Å²) in [6.07, 6.45) is 46.2. The average Bonchev–Trinajstić information content (AvgIpc) is 3.18. The zero-order valence-corrected chi connectivity index (χ0v) is 38.7. The molecule has 0 aromatic carbocycles. The van der Waals surface area contributed by atoms with Crippen LogP contribution in [0.2, 0.25) is 0 Å². The van der Waals surface area contributed by atoms with E-state index in [-0.39, 0.29) is 42.7 Å². The average molecular weight is 820 g/mol. The van der Waals surface area contributed by atoms with Crippen molar-refractivity contribution in [1.82, 2.24) is 0 Å². The summed E-state index contributed by atoms with van der Waals surface area (Å²) in [7, 11) is 5.42. The fourth-order valence-electron chi connectivity index (χ4n) is 7.30. The van der Waals surface area contributed by atoms with Gasteiger partial charge in [-0.3, -0.25) is 9.59 Å². The Hall–Kier alpha value is -2.19. The summed E-state index contributed by atoms with van der Waals surface area (Å²) in [4.78, 5) is 36.9. The molecule has 8 nitrogen and oxygen atoms in total. The Bertz CT molecular complexity index is 1000. The Labute approximate surface area is 358 Å². The van der Waals surface area contributed by atoms with E-state index in [1.54, 1.807) is 21.1 Å². The second-order valence-corrected chi connectivity index (χ2v) is 17.7. The molecule has 0 N–H and O–H groups in total. The van der Waals surface area contributed by atoms with Crippen molar-refractivity contribution < 1.29 is 38.2 Å². The highest BCUT2D eigenvalue weighted by molar-refractivity contribution is 5.70. The summed E-state index contributed by atoms with van der Waals surface area (Å²) in [6, 6.07) is -0.723. The monoisotopic (exact) mass is 820 g/mol. The Morgan fingerprint density at radius 1 is 0.517 bits per heavy atom. The van der Waals surface area contributed by atoms with Gasteiger partial charge in [-0.15, -0.1) is 0 Å². The van der Waals surface area contributed by atoms with Gasteiger partial charge in [0.05, 0.1) is 40.3 Å². The van der Waals surface area contributed by atoms with Crippen LogP contribution < -0.4 is 5.11 Å². The molecular weight excluding hydrogens is 727 g/mol. The Kier molecular flexibility index (Phi) is 40.0. The van der Waals surface area contributed by atoms with Crippen LogP contribution in [0, 0.1) is 0 Å². The molecule has 0 spiro atoms. The van der Waals surface area contributed by atoms with Crippen LogP contribution in [0.3, 0.4) is 0 Å². The molecule has 0 aliphatic rings. The number of carbonyl (C=O) groups is 3. The second kappa shape index (κ2) is 41.5. The topological polar surface area (TPSA) is 102 Å². The number of esters is 2. The number of hydrogen-bond donors (Lipinski definition) is 0. The fourth-order valence-corrected chi connectivity index (χ4v) is 7.30. The molecule has 0 rings (SSSR count). The Balaban J connectivity index is 4.24. The minimum atomic E-state index is -1.12. The standard InChI is InChI=1S/C50H93NO7/c1-6-8-10-12-14-16-18-20-22-23-24-25-26-27-29-30-32-34-36-38-40-48(52)57-45-46(44-56-43-42-47(50(54)55)51(3,4)5)58-49(53)41-39-37-35-33-31-28-21-19-17-15-13-11-9-7-2/h16,18,20,22,46-47H,6-15,17,19,21,23-45H2,1-5H3/b18-16+,22-20+. The van der Waals surface area contributed by atoms with Gasteiger partial charge >= 0.3 is 11.9 Å². The van der Waals surface area contributed by atoms with Crippen molar-refractivity contribution in [2.45, 2.75) is 238 Å². The van der Waals surface area contributed by atoms with Crippen LogP contribution in [0.25, 0.3) is 0 Å². The fraction of sp³-hybridized carbons (Fsp3) is 0.860. The van der Waals surface area contributed by atoms with E-state index in [0.717, 1.165) is 38.5 Å². The van der Waals surface area contributed by atoms with Crippen LogP contribution in [0.4, 0.5) is 0 Å². The molecule has 2 atom stereocenters. The van der Waals surface area contributed by atoms with Gasteiger partial charge in [0.25, 0.3) is 0 Å². The number of allylic oxidation sites excluding steroid dienone is 4. The maximum absolute atomic E-state index is 12.7. The molecule has 58 heavy (non-hydrogen) atoms. The number of unbranched alkanes of at least 4 members (excludes halogenated alkanes) is 27. The third-order valence-corrected chi connectivity index (χ3v) is 11.1. The molecule has 0 saturated heterocycles. The Morgan fingerprint density at radius 3 is 1.31 bits per heavy atom. The van der Waals surface area contributed by atoms with E-state index >= 15 is 0 Å². The summed E-state index contributed by atoms with van der Waals surface area (Å²) in [5.74, 6) is -1.72. The number of carbonyl (C=O) groups excluding carboxylic acids is 3. The summed E-state index contributed by atoms with van der Waals surface area (Å²) >= 11 is 0. The van der Waals surface area contributed by atoms with Gasteiger partial charge < -0.3 is 28.6 Å². The molecule has 8 heteroatoms. The van der Waals surface area contributed by atoms with E-state index in [4.69, 9.17) is 14.2 Å². The largest absolute Gasteiger partial charge is 0.544 e. The molecule has 0 aliphatic heterocycles. The van der Waals surface area contributed by atoms with Gasteiger partial charge in [-0.2, -0.15) is 0 Å². The maximum Gasteiger partial charge on any atom is 0.306 e. The highest BCUT2D eigenvalue weighted by atomic mass is 16.6. The quantitative estimate of drug-likeness (QED) is 0.0261. The lowest BCUT2D eigenvalue weighted by atomic mass is 10.0. The van der Waals surface area contributed by atoms with Crippen molar-refractivity contribution in [2.24, 2.45) is 0 Å². The number of ether oxygens (including phenoxy) is 3. The molecule has 0 radical (unpaired) electrons. The van der Waals surface area contributed by atoms with E-state index in [9.17, 15) is 19.5 Å². The minimum absolute atomic E-state index is 0.0443. The van der Waals surface area contributed by atoms with Gasteiger partial charge in [0.1, 0.15) is 12.6 Å². The first kappa shape index (κ1) is 55.8. The maximum atomic E-state index is 12.7. The third kappa shape index (κ3) is 39.3. The lowest BCUT2D eigenvalue weighted by Crippen LogP contribution is -2.55. The number of hydrogen-bond acceptors (Lipinski definition) is 7. The van der Waals surface area contributed by atoms with Crippen molar-refractivity contribution >= 4 is 17.9 Å². The van der Waals surface area contributed by atoms with Crippen molar-refractivity contribution in [3.63, 3.8) is 0 Å². The molecular formula is C50H93NO7. The molecule has 0 saturated carbocycles. The first-order valence-corrected chi connectivity index (χ1v) is 24.4. The van der Waals surface area contributed by atoms with E-state index < -0.39 is 18.1 Å². The van der Waals surface area contributed by atoms with Gasteiger partial charge in [0, 0.05) is 19.3 Å². The summed E-state index contributed by atoms with van der Waals surface area (Å²) in [5.41, 5.74) is 0. The van der Waals surface area contributed by atoms with Gasteiger partial charge in [-0.25, -0.2) is 0 Å². The van der Waals surface area contributed by atoms with Gasteiger partial charge in [0.15, 0.2) is 6.10 Å². The van der Waals surface area contributed by atoms with Crippen LogP contribution in [0.5, 0.6) is 0 Å². The number of carboxylic acids is 1. The van der Waals surface area contributed by atoms with Crippen molar-refractivity contribution in [3.05, 3.63) is 24.3 Å². The van der Waals surface area contributed by atoms with E-state index in [2.05, 4.69) is 38.2 Å². The molecule has 0 heterocycles. The predicted octanol–water partition coefficient (Wildman–Crippen LogP) is 12.3. The molecule has 0 aliphatic carbocycles. The predicted molar refractivity (Wildman–Crippen MR) is 240 cm³/mol. The zero-order valence-electron chi connectivity index (χ0n) is 38.7. The number of carboxylic acid groups (broad SMARTS) is 1. The molecule has 2 unspecified atom stereocenters. The summed E-state index contributed by atoms with van der Waals surface area (Å²) in [5, 5.41) is 11.6. The van der Waals surface area contributed by atoms with Crippen LogP contribution in [0.1, 0.15) is 226 Å². The lowest BCUT2D eigenvalue weighted by molar-refractivity contribution is -0.889. The SMILES string of the molecule is CCCCCC/C=C/C=C/CCCCCCCCCCCCC(=O)OCC(COCCC(C(=O)[O-])[N+](C)(C)C)OC(=O)CCCCCCCCCCCCCCCC. The lowest BCUT2D eigenvalue weighted by Gasteiger charge is -2.34. The third-order valence-electron chi connectivity index (χ3n) is 11.1. The molecule has 0 fully saturated rings. The number of nitrogens with zero attached hydrogens (tertiary/aromatic N) is 1. The number of aliphatic carboxylic acids is 1. The first-order chi connectivity index (χ1) is 28.1. The highest BCUT2D eigenvalue weighted by Crippen LogP contribution is 2.16. The van der Waals surface area contributed by atoms with E-state index in [1.165, 1.54) is 154 Å². The van der Waals surface area contributed by atoms with Crippen LogP contribution in [0.15, 0.2) is 24.3 Å².